The molecular formula is C13H16Cl2O3. The summed E-state index contributed by atoms with van der Waals surface area (Å²) >= 11 is 11.7. The van der Waals surface area contributed by atoms with Crippen molar-refractivity contribution in [2.45, 2.75) is 26.4 Å². The van der Waals surface area contributed by atoms with Gasteiger partial charge < -0.3 is 9.84 Å². The molecule has 2 unspecified atom stereocenters. The lowest BCUT2D eigenvalue weighted by atomic mass is 9.93. The molecule has 0 saturated carbocycles. The van der Waals surface area contributed by atoms with Gasteiger partial charge >= 0.3 is 5.97 Å². The van der Waals surface area contributed by atoms with Gasteiger partial charge in [0.2, 0.25) is 0 Å². The maximum atomic E-state index is 11.7. The fourth-order valence-corrected chi connectivity index (χ4v) is 2.00. The Morgan fingerprint density at radius 1 is 1.33 bits per heavy atom. The third-order valence-electron chi connectivity index (χ3n) is 2.70. The summed E-state index contributed by atoms with van der Waals surface area (Å²) in [6, 6.07) is 4.82. The van der Waals surface area contributed by atoms with Crippen LogP contribution in [0.4, 0.5) is 0 Å². The van der Waals surface area contributed by atoms with E-state index in [1.54, 1.807) is 25.1 Å². The van der Waals surface area contributed by atoms with Gasteiger partial charge in [0.05, 0.1) is 28.7 Å². The molecule has 0 aliphatic rings. The maximum absolute atomic E-state index is 11.7. The van der Waals surface area contributed by atoms with Crippen molar-refractivity contribution in [2.24, 2.45) is 5.92 Å². The number of esters is 1. The lowest BCUT2D eigenvalue weighted by Gasteiger charge is -2.20. The molecule has 0 bridgehead atoms. The minimum Gasteiger partial charge on any atom is -0.466 e. The van der Waals surface area contributed by atoms with Crippen LogP contribution in [0.1, 0.15) is 31.9 Å². The van der Waals surface area contributed by atoms with Crippen molar-refractivity contribution in [3.8, 4) is 0 Å². The number of carbonyl (C=O) groups is 1. The average molecular weight is 291 g/mol. The summed E-state index contributed by atoms with van der Waals surface area (Å²) in [6.45, 7) is 3.85. The normalized spacial score (nSPS) is 14.1. The zero-order chi connectivity index (χ0) is 13.7. The number of hydrogen-bond donors (Lipinski definition) is 1. The van der Waals surface area contributed by atoms with Crippen LogP contribution in [0.25, 0.3) is 0 Å². The first-order valence-electron chi connectivity index (χ1n) is 5.80. The smallest absolute Gasteiger partial charge is 0.311 e. The van der Waals surface area contributed by atoms with Crippen LogP contribution in [0.3, 0.4) is 0 Å². The zero-order valence-corrected chi connectivity index (χ0v) is 11.8. The Morgan fingerprint density at radius 3 is 2.50 bits per heavy atom. The highest BCUT2D eigenvalue weighted by atomic mass is 35.5. The Kier molecular flexibility index (Phi) is 5.93. The highest BCUT2D eigenvalue weighted by molar-refractivity contribution is 6.42. The summed E-state index contributed by atoms with van der Waals surface area (Å²) < 4.78 is 4.93. The SMILES string of the molecule is CCOC(=O)C(CC)C(O)c1ccc(Cl)c(Cl)c1. The van der Waals surface area contributed by atoms with E-state index in [1.165, 1.54) is 0 Å². The number of carbonyl (C=O) groups excluding carboxylic acids is 1. The second kappa shape index (κ2) is 6.98. The van der Waals surface area contributed by atoms with Crippen molar-refractivity contribution in [2.75, 3.05) is 6.61 Å². The molecule has 0 amide bonds. The summed E-state index contributed by atoms with van der Waals surface area (Å²) in [7, 11) is 0. The van der Waals surface area contributed by atoms with E-state index < -0.39 is 18.0 Å². The lowest BCUT2D eigenvalue weighted by molar-refractivity contribution is -0.152. The van der Waals surface area contributed by atoms with Crippen molar-refractivity contribution in [3.63, 3.8) is 0 Å². The van der Waals surface area contributed by atoms with Gasteiger partial charge in [-0.1, -0.05) is 36.2 Å². The first kappa shape index (κ1) is 15.3. The molecule has 0 radical (unpaired) electrons. The van der Waals surface area contributed by atoms with Crippen molar-refractivity contribution < 1.29 is 14.6 Å². The van der Waals surface area contributed by atoms with Gasteiger partial charge in [0.1, 0.15) is 0 Å². The molecule has 18 heavy (non-hydrogen) atoms. The second-order valence-electron chi connectivity index (χ2n) is 3.89. The zero-order valence-electron chi connectivity index (χ0n) is 10.3. The molecular weight excluding hydrogens is 275 g/mol. The fraction of sp³-hybridized carbons (Fsp3) is 0.462. The first-order chi connectivity index (χ1) is 8.51. The van der Waals surface area contributed by atoms with Gasteiger partial charge in [0.25, 0.3) is 0 Å². The van der Waals surface area contributed by atoms with Crippen LogP contribution >= 0.6 is 23.2 Å². The standard InChI is InChI=1S/C13H16Cl2O3/c1-3-9(13(17)18-4-2)12(16)8-5-6-10(14)11(15)7-8/h5-7,9,12,16H,3-4H2,1-2H3. The fourth-order valence-electron chi connectivity index (χ4n) is 1.70. The molecule has 100 valence electrons. The van der Waals surface area contributed by atoms with Gasteiger partial charge in [-0.25, -0.2) is 0 Å². The highest BCUT2D eigenvalue weighted by Crippen LogP contribution is 2.30. The summed E-state index contributed by atoms with van der Waals surface area (Å²) in [4.78, 5) is 11.7. The Hall–Kier alpha value is -0.770. The molecule has 5 heteroatoms. The van der Waals surface area contributed by atoms with Crippen molar-refractivity contribution in [1.82, 2.24) is 0 Å². The van der Waals surface area contributed by atoms with Crippen LogP contribution in [0.15, 0.2) is 18.2 Å². The number of halogens is 2. The molecule has 2 atom stereocenters. The van der Waals surface area contributed by atoms with Crippen LogP contribution in [0.2, 0.25) is 10.0 Å². The predicted molar refractivity (Wildman–Crippen MR) is 71.8 cm³/mol. The Bertz CT molecular complexity index is 421. The number of aliphatic hydroxyl groups is 1. The quantitative estimate of drug-likeness (QED) is 0.843. The summed E-state index contributed by atoms with van der Waals surface area (Å²) in [6.07, 6.45) is -0.455. The van der Waals surface area contributed by atoms with Crippen molar-refractivity contribution >= 4 is 29.2 Å². The molecule has 1 N–H and O–H groups in total. The predicted octanol–water partition coefficient (Wildman–Crippen LogP) is 3.62. The molecule has 0 aliphatic heterocycles. The van der Waals surface area contributed by atoms with Gasteiger partial charge in [-0.05, 0) is 31.0 Å². The van der Waals surface area contributed by atoms with E-state index in [1.807, 2.05) is 6.92 Å². The van der Waals surface area contributed by atoms with Crippen molar-refractivity contribution in [3.05, 3.63) is 33.8 Å². The molecule has 0 saturated heterocycles. The third kappa shape index (κ3) is 3.61. The number of hydrogen-bond acceptors (Lipinski definition) is 3. The molecule has 1 rings (SSSR count). The van der Waals surface area contributed by atoms with Crippen LogP contribution in [0.5, 0.6) is 0 Å². The first-order valence-corrected chi connectivity index (χ1v) is 6.56. The minimum atomic E-state index is -0.941. The van der Waals surface area contributed by atoms with E-state index in [2.05, 4.69) is 0 Å². The average Bonchev–Trinajstić information content (AvgIpc) is 2.33. The molecule has 3 nitrogen and oxygen atoms in total. The summed E-state index contributed by atoms with van der Waals surface area (Å²) in [5, 5.41) is 11.0. The maximum Gasteiger partial charge on any atom is 0.311 e. The second-order valence-corrected chi connectivity index (χ2v) is 4.70. The van der Waals surface area contributed by atoms with Gasteiger partial charge in [0.15, 0.2) is 0 Å². The van der Waals surface area contributed by atoms with E-state index in [-0.39, 0.29) is 0 Å². The third-order valence-corrected chi connectivity index (χ3v) is 3.43. The minimum absolute atomic E-state index is 0.295. The molecule has 1 aromatic carbocycles. The largest absolute Gasteiger partial charge is 0.466 e. The Morgan fingerprint density at radius 2 is 2.00 bits per heavy atom. The molecule has 0 aliphatic carbocycles. The summed E-state index contributed by atoms with van der Waals surface area (Å²) in [5.74, 6) is -0.999. The molecule has 0 spiro atoms. The van der Waals surface area contributed by atoms with Gasteiger partial charge in [-0.3, -0.25) is 4.79 Å². The summed E-state index contributed by atoms with van der Waals surface area (Å²) in [5.41, 5.74) is 0.560. The Balaban J connectivity index is 2.92. The van der Waals surface area contributed by atoms with Crippen molar-refractivity contribution in [1.29, 1.82) is 0 Å². The van der Waals surface area contributed by atoms with E-state index >= 15 is 0 Å². The van der Waals surface area contributed by atoms with E-state index in [0.717, 1.165) is 0 Å². The lowest BCUT2D eigenvalue weighted by Crippen LogP contribution is -2.24. The van der Waals surface area contributed by atoms with Gasteiger partial charge in [0, 0.05) is 0 Å². The van der Waals surface area contributed by atoms with Gasteiger partial charge in [-0.2, -0.15) is 0 Å². The monoisotopic (exact) mass is 290 g/mol. The van der Waals surface area contributed by atoms with E-state index in [9.17, 15) is 9.90 Å². The van der Waals surface area contributed by atoms with E-state index in [0.29, 0.717) is 28.6 Å². The van der Waals surface area contributed by atoms with Crippen LogP contribution in [0, 0.1) is 5.92 Å². The van der Waals surface area contributed by atoms with Gasteiger partial charge in [-0.15, -0.1) is 0 Å². The van der Waals surface area contributed by atoms with Crippen LogP contribution in [-0.4, -0.2) is 17.7 Å². The molecule has 0 heterocycles. The molecule has 0 fully saturated rings. The van der Waals surface area contributed by atoms with Crippen LogP contribution < -0.4 is 0 Å². The topological polar surface area (TPSA) is 46.5 Å². The number of rotatable bonds is 5. The molecule has 1 aromatic rings. The number of aliphatic hydroxyl groups excluding tert-OH is 1. The highest BCUT2D eigenvalue weighted by Gasteiger charge is 2.27. The van der Waals surface area contributed by atoms with E-state index in [4.69, 9.17) is 27.9 Å². The number of benzene rings is 1. The number of ether oxygens (including phenoxy) is 1. The van der Waals surface area contributed by atoms with Crippen LogP contribution in [-0.2, 0) is 9.53 Å². The molecule has 0 aromatic heterocycles. The Labute approximate surface area is 117 Å².